The summed E-state index contributed by atoms with van der Waals surface area (Å²) in [6, 6.07) is 19.7. The zero-order valence-electron chi connectivity index (χ0n) is 17.7. The second kappa shape index (κ2) is 11.0. The number of anilines is 1. The quantitative estimate of drug-likeness (QED) is 0.271. The van der Waals surface area contributed by atoms with Crippen molar-refractivity contribution < 1.29 is 9.53 Å². The monoisotopic (exact) mass is 606 g/mol. The molecule has 1 aliphatic heterocycles. The molecule has 1 atom stereocenters. The van der Waals surface area contributed by atoms with Gasteiger partial charge in [-0.2, -0.15) is 0 Å². The van der Waals surface area contributed by atoms with Crippen molar-refractivity contribution in [1.29, 1.82) is 0 Å². The summed E-state index contributed by atoms with van der Waals surface area (Å²) >= 11 is 14.9. The van der Waals surface area contributed by atoms with Crippen molar-refractivity contribution in [1.82, 2.24) is 5.32 Å². The summed E-state index contributed by atoms with van der Waals surface area (Å²) in [7, 11) is 0. The van der Waals surface area contributed by atoms with Crippen LogP contribution in [0.2, 0.25) is 5.02 Å². The van der Waals surface area contributed by atoms with Crippen molar-refractivity contribution in [3.8, 4) is 5.75 Å². The predicted octanol–water partition coefficient (Wildman–Crippen LogP) is 7.61. The van der Waals surface area contributed by atoms with Crippen molar-refractivity contribution in [2.75, 3.05) is 5.32 Å². The third kappa shape index (κ3) is 6.15. The highest BCUT2D eigenvalue weighted by molar-refractivity contribution is 9.11. The lowest BCUT2D eigenvalue weighted by Gasteiger charge is -2.13. The number of benzene rings is 3. The molecule has 0 aliphatic carbocycles. The molecule has 3 aromatic carbocycles. The Morgan fingerprint density at radius 3 is 2.48 bits per heavy atom. The van der Waals surface area contributed by atoms with E-state index in [0.29, 0.717) is 22.3 Å². The molecule has 170 valence electrons. The van der Waals surface area contributed by atoms with Crippen LogP contribution in [0.3, 0.4) is 0 Å². The van der Waals surface area contributed by atoms with Crippen LogP contribution in [0.5, 0.6) is 5.75 Å². The molecular formula is C25H21Br2ClN2O2S. The largest absolute Gasteiger partial charge is 0.486 e. The second-order valence-electron chi connectivity index (χ2n) is 7.37. The van der Waals surface area contributed by atoms with Gasteiger partial charge in [-0.3, -0.25) is 4.79 Å². The van der Waals surface area contributed by atoms with Gasteiger partial charge in [0.25, 0.3) is 5.91 Å². The van der Waals surface area contributed by atoms with E-state index in [-0.39, 0.29) is 11.4 Å². The number of aryl methyl sites for hydroxylation is 1. The van der Waals surface area contributed by atoms with Crippen LogP contribution in [0.4, 0.5) is 5.69 Å². The number of amides is 1. The van der Waals surface area contributed by atoms with E-state index < -0.39 is 0 Å². The highest BCUT2D eigenvalue weighted by Crippen LogP contribution is 2.38. The van der Waals surface area contributed by atoms with Gasteiger partial charge in [-0.25, -0.2) is 0 Å². The third-order valence-corrected chi connectivity index (χ3v) is 7.61. The van der Waals surface area contributed by atoms with E-state index >= 15 is 0 Å². The van der Waals surface area contributed by atoms with E-state index in [4.69, 9.17) is 16.3 Å². The predicted molar refractivity (Wildman–Crippen MR) is 145 cm³/mol. The summed E-state index contributed by atoms with van der Waals surface area (Å²) in [6.45, 7) is 2.48. The standard InChI is InChI=1S/C25H21Br2ClN2O2S/c1-2-15-7-9-18(10-8-15)29-25-30-24(31)22(33-25)13-16-11-19(26)23(20(27)12-16)32-14-17-5-3-4-6-21(17)28/h3-13,25,29H,2,14H2,1H3,(H,30,31)/b22-13-/t25-/m0/s1. The Bertz CT molecular complexity index is 1180. The average molecular weight is 609 g/mol. The van der Waals surface area contributed by atoms with Crippen LogP contribution in [0.15, 0.2) is 74.5 Å². The molecule has 0 aromatic heterocycles. The topological polar surface area (TPSA) is 50.4 Å². The van der Waals surface area contributed by atoms with Gasteiger partial charge in [-0.1, -0.05) is 60.6 Å². The lowest BCUT2D eigenvalue weighted by Crippen LogP contribution is -2.30. The average Bonchev–Trinajstić information content (AvgIpc) is 3.13. The fraction of sp³-hybridized carbons (Fsp3) is 0.160. The molecule has 0 bridgehead atoms. The Kier molecular flexibility index (Phi) is 8.07. The minimum atomic E-state index is -0.221. The van der Waals surface area contributed by atoms with E-state index in [1.165, 1.54) is 17.3 Å². The lowest BCUT2D eigenvalue weighted by atomic mass is 10.1. The van der Waals surface area contributed by atoms with Crippen molar-refractivity contribution in [3.05, 3.63) is 96.2 Å². The number of halogens is 3. The Morgan fingerprint density at radius 2 is 1.82 bits per heavy atom. The molecule has 0 spiro atoms. The highest BCUT2D eigenvalue weighted by atomic mass is 79.9. The SMILES string of the molecule is CCc1ccc(N[C@H]2NC(=O)/C(=C/c3cc(Br)c(OCc4ccccc4Cl)c(Br)c3)S2)cc1. The fourth-order valence-electron chi connectivity index (χ4n) is 3.27. The Morgan fingerprint density at radius 1 is 1.12 bits per heavy atom. The molecule has 33 heavy (non-hydrogen) atoms. The molecule has 0 radical (unpaired) electrons. The summed E-state index contributed by atoms with van der Waals surface area (Å²) in [6.07, 6.45) is 2.87. The molecule has 1 saturated heterocycles. The second-order valence-corrected chi connectivity index (χ2v) is 10.6. The highest BCUT2D eigenvalue weighted by Gasteiger charge is 2.27. The van der Waals surface area contributed by atoms with Gasteiger partial charge >= 0.3 is 0 Å². The first-order valence-electron chi connectivity index (χ1n) is 10.3. The summed E-state index contributed by atoms with van der Waals surface area (Å²) in [5, 5.41) is 6.98. The van der Waals surface area contributed by atoms with Gasteiger partial charge in [0.05, 0.1) is 13.9 Å². The van der Waals surface area contributed by atoms with E-state index in [2.05, 4.69) is 61.5 Å². The number of ether oxygens (including phenoxy) is 1. The van der Waals surface area contributed by atoms with E-state index in [1.54, 1.807) is 0 Å². The maximum Gasteiger partial charge on any atom is 0.260 e. The molecule has 4 rings (SSSR count). The summed E-state index contributed by atoms with van der Waals surface area (Å²) in [5.74, 6) is 0.574. The first-order chi connectivity index (χ1) is 15.9. The van der Waals surface area contributed by atoms with Gasteiger partial charge < -0.3 is 15.4 Å². The molecule has 1 amide bonds. The van der Waals surface area contributed by atoms with Crippen LogP contribution in [0, 0.1) is 0 Å². The Labute approximate surface area is 219 Å². The van der Waals surface area contributed by atoms with E-state index in [0.717, 1.165) is 32.2 Å². The van der Waals surface area contributed by atoms with E-state index in [9.17, 15) is 4.79 Å². The normalized spacial score (nSPS) is 16.7. The number of thioether (sulfide) groups is 1. The lowest BCUT2D eigenvalue weighted by molar-refractivity contribution is -0.116. The van der Waals surface area contributed by atoms with Gasteiger partial charge in [0.15, 0.2) is 5.50 Å². The molecule has 0 unspecified atom stereocenters. The maximum atomic E-state index is 12.5. The third-order valence-electron chi connectivity index (χ3n) is 5.04. The molecule has 1 heterocycles. The molecule has 2 N–H and O–H groups in total. The number of nitrogens with one attached hydrogen (secondary N) is 2. The molecule has 8 heteroatoms. The summed E-state index contributed by atoms with van der Waals surface area (Å²) in [5.41, 5.74) is 3.81. The number of carbonyl (C=O) groups excluding carboxylic acids is 1. The smallest absolute Gasteiger partial charge is 0.260 e. The van der Waals surface area contributed by atoms with Crippen LogP contribution in [-0.4, -0.2) is 11.4 Å². The van der Waals surface area contributed by atoms with Crippen LogP contribution >= 0.6 is 55.2 Å². The van der Waals surface area contributed by atoms with Crippen molar-refractivity contribution in [3.63, 3.8) is 0 Å². The number of hydrogen-bond donors (Lipinski definition) is 2. The minimum absolute atomic E-state index is 0.103. The van der Waals surface area contributed by atoms with Crippen molar-refractivity contribution >= 4 is 72.9 Å². The number of carbonyl (C=O) groups is 1. The van der Waals surface area contributed by atoms with Crippen molar-refractivity contribution in [2.24, 2.45) is 0 Å². The molecule has 1 fully saturated rings. The molecule has 3 aromatic rings. The van der Waals surface area contributed by atoms with Gasteiger partial charge in [0.1, 0.15) is 12.4 Å². The van der Waals surface area contributed by atoms with E-state index in [1.807, 2.05) is 54.6 Å². The first kappa shape index (κ1) is 24.2. The van der Waals surface area contributed by atoms with Crippen LogP contribution in [0.25, 0.3) is 6.08 Å². The van der Waals surface area contributed by atoms with Crippen molar-refractivity contribution in [2.45, 2.75) is 25.4 Å². The summed E-state index contributed by atoms with van der Waals surface area (Å²) < 4.78 is 7.55. The minimum Gasteiger partial charge on any atom is -0.486 e. The fourth-order valence-corrected chi connectivity index (χ4v) is 5.90. The van der Waals surface area contributed by atoms with Crippen LogP contribution in [-0.2, 0) is 17.8 Å². The molecule has 1 aliphatic rings. The van der Waals surface area contributed by atoms with Crippen LogP contribution < -0.4 is 15.4 Å². The maximum absolute atomic E-state index is 12.5. The zero-order chi connectivity index (χ0) is 23.4. The first-order valence-corrected chi connectivity index (χ1v) is 13.2. The Balaban J connectivity index is 1.44. The zero-order valence-corrected chi connectivity index (χ0v) is 22.4. The molecule has 0 saturated carbocycles. The van der Waals surface area contributed by atoms with Gasteiger partial charge in [-0.05, 0) is 85.8 Å². The van der Waals surface area contributed by atoms with Gasteiger partial charge in [0.2, 0.25) is 0 Å². The molecule has 4 nitrogen and oxygen atoms in total. The number of hydrogen-bond acceptors (Lipinski definition) is 4. The number of rotatable bonds is 7. The van der Waals surface area contributed by atoms with Crippen LogP contribution in [0.1, 0.15) is 23.6 Å². The summed E-state index contributed by atoms with van der Waals surface area (Å²) in [4.78, 5) is 13.1. The van der Waals surface area contributed by atoms with Gasteiger partial charge in [0, 0.05) is 16.3 Å². The Hall–Kier alpha value is -1.93. The van der Waals surface area contributed by atoms with Gasteiger partial charge in [-0.15, -0.1) is 0 Å². The molecular weight excluding hydrogens is 588 g/mol.